The zero-order valence-electron chi connectivity index (χ0n) is 4.24. The third kappa shape index (κ3) is 196. The summed E-state index contributed by atoms with van der Waals surface area (Å²) in [4.78, 5) is 0. The zero-order chi connectivity index (χ0) is 7.15. The third-order valence-corrected chi connectivity index (χ3v) is 0. The van der Waals surface area contributed by atoms with Gasteiger partial charge < -0.3 is 21.0 Å². The van der Waals surface area contributed by atoms with E-state index in [9.17, 15) is 0 Å². The predicted molar refractivity (Wildman–Crippen MR) is 2.22 cm³/mol. The van der Waals surface area contributed by atoms with Crippen molar-refractivity contribution in [2.24, 2.45) is 0 Å². The number of hydrogen-bond donors (Lipinski definition) is 1. The Labute approximate surface area is 83.7 Å². The van der Waals surface area contributed by atoms with Gasteiger partial charge in [0, 0.05) is 0 Å². The minimum absolute atomic E-state index is 0. The van der Waals surface area contributed by atoms with Crippen LogP contribution in [0.4, 0.5) is 0 Å². The van der Waals surface area contributed by atoms with E-state index in [-0.39, 0.29) is 29.6 Å². The molecule has 0 unspecified atom stereocenters. The van der Waals surface area contributed by atoms with Gasteiger partial charge in [-0.1, -0.05) is 0 Å². The average molecular weight is 280 g/mol. The molecule has 1 N–H and O–H groups in total. The average Bonchev–Trinajstić information content (AvgIpc) is 1.25. The summed E-state index contributed by atoms with van der Waals surface area (Å²) in [7, 11) is 0. The topological polar surface area (TPSA) is 136 Å². The Hall–Kier alpha value is 1.72. The number of hydrogen-bond acceptors (Lipinski definition) is 6. The molecule has 0 bridgehead atoms. The first kappa shape index (κ1) is 17.0. The normalized spacial score (nSPS) is 8.00. The van der Waals surface area contributed by atoms with E-state index in [0.29, 0.717) is 0 Å². The molecule has 0 heterocycles. The summed E-state index contributed by atoms with van der Waals surface area (Å²) >= 11 is -7.04. The van der Waals surface area contributed by atoms with E-state index in [0.717, 1.165) is 0 Å². The van der Waals surface area contributed by atoms with E-state index >= 15 is 0 Å². The molecule has 9 heteroatoms. The zero-order valence-corrected chi connectivity index (χ0v) is 9.42. The molecule has 52 valence electrons. The quantitative estimate of drug-likeness (QED) is 0.437. The first-order chi connectivity index (χ1) is 3.46. The Morgan fingerprint density at radius 2 is 0.889 bits per heavy atom. The molecule has 0 fully saturated rings. The van der Waals surface area contributed by atoms with E-state index in [4.69, 9.17) is 25.2 Å². The van der Waals surface area contributed by atoms with Crippen molar-refractivity contribution >= 4 is 0 Å². The molecule has 0 aliphatic carbocycles. The van der Waals surface area contributed by atoms with Crippen molar-refractivity contribution in [3.8, 4) is 0 Å². The van der Waals surface area contributed by atoms with Gasteiger partial charge in [-0.15, -0.1) is 0 Å². The van der Waals surface area contributed by atoms with Gasteiger partial charge in [-0.25, -0.2) is 0 Å². The smallest absolute Gasteiger partial charge is 0.405 e. The second-order valence-electron chi connectivity index (χ2n) is 0.390. The molecule has 0 aliphatic rings. The van der Waals surface area contributed by atoms with E-state index in [1.807, 2.05) is 0 Å². The Kier molecular flexibility index (Phi) is 23.4. The first-order valence-electron chi connectivity index (χ1n) is 0.941. The van der Waals surface area contributed by atoms with Crippen LogP contribution in [0.5, 0.6) is 0 Å². The van der Waals surface area contributed by atoms with Crippen molar-refractivity contribution in [1.82, 2.24) is 0 Å². The van der Waals surface area contributed by atoms with Crippen molar-refractivity contribution in [3.63, 3.8) is 0 Å². The maximum atomic E-state index is 8.63. The summed E-state index contributed by atoms with van der Waals surface area (Å²) in [5.74, 6) is 0. The van der Waals surface area contributed by atoms with Gasteiger partial charge in [0.2, 0.25) is 14.8 Å². The van der Waals surface area contributed by atoms with Gasteiger partial charge in [0.1, 0.15) is 0 Å². The maximum absolute atomic E-state index is 8.63. The molecular formula is HBr2NaO6. The minimum Gasteiger partial charge on any atom is -0.405 e. The van der Waals surface area contributed by atoms with Gasteiger partial charge in [-0.05, 0) is 4.20 Å². The first-order valence-corrected chi connectivity index (χ1v) is 4.89. The second kappa shape index (κ2) is 12.4. The van der Waals surface area contributed by atoms with Crippen LogP contribution in [0.25, 0.3) is 0 Å². The van der Waals surface area contributed by atoms with Crippen LogP contribution >= 0.6 is 0 Å². The molecule has 0 atom stereocenters. The molecule has 0 saturated heterocycles. The molecular weight excluding hydrogens is 279 g/mol. The van der Waals surface area contributed by atoms with Crippen LogP contribution in [0.2, 0.25) is 0 Å². The fourth-order valence-electron chi connectivity index (χ4n) is 0. The Morgan fingerprint density at radius 3 is 0.889 bits per heavy atom. The van der Waals surface area contributed by atoms with Crippen LogP contribution in [0, 0.1) is 29.6 Å². The van der Waals surface area contributed by atoms with Crippen LogP contribution in [0.15, 0.2) is 0 Å². The van der Waals surface area contributed by atoms with Crippen LogP contribution in [-0.4, -0.2) is 4.20 Å². The summed E-state index contributed by atoms with van der Waals surface area (Å²) in [6, 6.07) is 0. The van der Waals surface area contributed by atoms with E-state index < -0.39 is 29.6 Å². The van der Waals surface area contributed by atoms with Crippen molar-refractivity contribution in [3.05, 3.63) is 0 Å². The molecule has 9 heavy (non-hydrogen) atoms. The van der Waals surface area contributed by atoms with Crippen molar-refractivity contribution < 1.29 is 84.4 Å². The van der Waals surface area contributed by atoms with E-state index in [1.54, 1.807) is 0 Å². The van der Waals surface area contributed by atoms with Gasteiger partial charge in [0.25, 0.3) is 0 Å². The molecule has 0 aromatic carbocycles. The van der Waals surface area contributed by atoms with Gasteiger partial charge in [-0.2, -0.15) is 0 Å². The van der Waals surface area contributed by atoms with Crippen molar-refractivity contribution in [1.29, 1.82) is 0 Å². The summed E-state index contributed by atoms with van der Waals surface area (Å²) < 4.78 is 49.9. The number of halogens is 2. The molecule has 0 aromatic rings. The summed E-state index contributed by atoms with van der Waals surface area (Å²) in [6.07, 6.45) is 0. The van der Waals surface area contributed by atoms with E-state index in [1.165, 1.54) is 0 Å². The largest absolute Gasteiger partial charge is 1.00 e. The van der Waals surface area contributed by atoms with Crippen LogP contribution in [0.1, 0.15) is 0 Å². The molecule has 0 aromatic heterocycles. The summed E-state index contributed by atoms with van der Waals surface area (Å²) in [5.41, 5.74) is 0. The standard InChI is InChI=1S/BrHO3.BrO3.Na/c2*2-1(3)4;/h2H;;/q;-1;+1. The molecule has 0 amide bonds. The molecule has 0 radical (unpaired) electrons. The Bertz CT molecular complexity index is 26.5. The summed E-state index contributed by atoms with van der Waals surface area (Å²) in [6.45, 7) is 0. The van der Waals surface area contributed by atoms with Crippen LogP contribution in [-0.2, 0) is 0 Å². The van der Waals surface area contributed by atoms with E-state index in [2.05, 4.69) is 0 Å². The third-order valence-electron chi connectivity index (χ3n) is 0. The van der Waals surface area contributed by atoms with Gasteiger partial charge in [0.15, 0.2) is 0 Å². The molecule has 6 nitrogen and oxygen atoms in total. The van der Waals surface area contributed by atoms with Crippen LogP contribution in [0.3, 0.4) is 0 Å². The van der Waals surface area contributed by atoms with Crippen molar-refractivity contribution in [2.45, 2.75) is 0 Å². The molecule has 0 saturated carbocycles. The maximum Gasteiger partial charge on any atom is 1.00 e. The fraction of sp³-hybridized carbons (Fsp3) is 0. The second-order valence-corrected chi connectivity index (χ2v) is 2.03. The SMILES string of the molecule is [Na+].[O-][Br+2]([O-])O.[O-][Br+2]([O-])[O-]. The Morgan fingerprint density at radius 1 is 0.889 bits per heavy atom. The Balaban J connectivity index is -0.0000000720. The number of rotatable bonds is 0. The van der Waals surface area contributed by atoms with Crippen molar-refractivity contribution in [2.75, 3.05) is 0 Å². The van der Waals surface area contributed by atoms with Crippen LogP contribution < -0.4 is 50.5 Å². The predicted octanol–water partition coefficient (Wildman–Crippen LogP) is -9.50. The summed E-state index contributed by atoms with van der Waals surface area (Å²) in [5, 5.41) is 0. The fourth-order valence-corrected chi connectivity index (χ4v) is 0. The molecule has 0 spiro atoms. The monoisotopic (exact) mass is 278 g/mol. The van der Waals surface area contributed by atoms with Gasteiger partial charge in [-0.3, -0.25) is 0 Å². The molecule has 0 aliphatic heterocycles. The van der Waals surface area contributed by atoms with Gasteiger partial charge in [0.05, 0.1) is 0 Å². The molecule has 0 rings (SSSR count). The van der Waals surface area contributed by atoms with Gasteiger partial charge >= 0.3 is 44.4 Å². The minimum atomic E-state index is -3.65.